The molecule has 5 aromatic rings. The van der Waals surface area contributed by atoms with Crippen molar-refractivity contribution >= 4 is 32.7 Å². The van der Waals surface area contributed by atoms with Crippen LogP contribution in [-0.4, -0.2) is 0 Å². The second-order valence-corrected chi connectivity index (χ2v) is 9.97. The monoisotopic (exact) mass is 445 g/mol. The third-order valence-electron chi connectivity index (χ3n) is 7.93. The van der Waals surface area contributed by atoms with Gasteiger partial charge in [0.05, 0.1) is 16.5 Å². The minimum atomic E-state index is 0.711. The molecule has 1 aliphatic rings. The summed E-state index contributed by atoms with van der Waals surface area (Å²) in [6, 6.07) is 19.7. The standard InChI is InChI=1S/C31H29N2O/c1-19-20(2)28(31-29(26(19)18-32)25-10-6-7-11-27(25)34-31)30-24-13-12-22(16-21-8-4-5-9-21)17-23(24)14-15-33(30)3/h6-7,10-15,17,21H,4-5,8-9,16H2,1-3H3/q+1. The van der Waals surface area contributed by atoms with Crippen LogP contribution in [0.5, 0.6) is 0 Å². The number of nitriles is 1. The van der Waals surface area contributed by atoms with Crippen LogP contribution in [0.4, 0.5) is 0 Å². The first-order valence-electron chi connectivity index (χ1n) is 12.3. The molecule has 3 aromatic carbocycles. The van der Waals surface area contributed by atoms with Gasteiger partial charge < -0.3 is 4.42 Å². The zero-order chi connectivity index (χ0) is 23.4. The summed E-state index contributed by atoms with van der Waals surface area (Å²) in [4.78, 5) is 0. The van der Waals surface area contributed by atoms with E-state index in [1.54, 1.807) is 0 Å². The Balaban J connectivity index is 1.64. The molecule has 1 saturated carbocycles. The van der Waals surface area contributed by atoms with Gasteiger partial charge in [-0.2, -0.15) is 5.26 Å². The molecule has 1 fully saturated rings. The van der Waals surface area contributed by atoms with E-state index in [0.717, 1.165) is 50.2 Å². The van der Waals surface area contributed by atoms with Gasteiger partial charge in [0.1, 0.15) is 18.7 Å². The number of pyridine rings is 1. The van der Waals surface area contributed by atoms with Crippen molar-refractivity contribution < 1.29 is 8.98 Å². The van der Waals surface area contributed by atoms with E-state index in [0.29, 0.717) is 5.56 Å². The van der Waals surface area contributed by atoms with Crippen molar-refractivity contribution in [2.75, 3.05) is 0 Å². The summed E-state index contributed by atoms with van der Waals surface area (Å²) >= 11 is 0. The molecule has 0 amide bonds. The van der Waals surface area contributed by atoms with Crippen molar-refractivity contribution in [3.05, 3.63) is 77.0 Å². The molecule has 168 valence electrons. The smallest absolute Gasteiger partial charge is 0.224 e. The molecule has 0 atom stereocenters. The highest BCUT2D eigenvalue weighted by Gasteiger charge is 2.27. The summed E-state index contributed by atoms with van der Waals surface area (Å²) < 4.78 is 8.66. The number of hydrogen-bond acceptors (Lipinski definition) is 2. The molecule has 34 heavy (non-hydrogen) atoms. The van der Waals surface area contributed by atoms with Gasteiger partial charge in [0.2, 0.25) is 5.69 Å². The molecule has 3 heteroatoms. The van der Waals surface area contributed by atoms with E-state index in [2.05, 4.69) is 68.1 Å². The lowest BCUT2D eigenvalue weighted by molar-refractivity contribution is -0.659. The molecular formula is C31H29N2O+. The van der Waals surface area contributed by atoms with E-state index in [9.17, 15) is 5.26 Å². The lowest BCUT2D eigenvalue weighted by Gasteiger charge is -2.14. The number of hydrogen-bond donors (Lipinski definition) is 0. The van der Waals surface area contributed by atoms with Crippen molar-refractivity contribution in [1.82, 2.24) is 0 Å². The summed E-state index contributed by atoms with van der Waals surface area (Å²) in [6.07, 6.45) is 8.81. The van der Waals surface area contributed by atoms with E-state index in [1.165, 1.54) is 48.4 Å². The Morgan fingerprint density at radius 1 is 1.00 bits per heavy atom. The molecule has 0 N–H and O–H groups in total. The van der Waals surface area contributed by atoms with Crippen molar-refractivity contribution in [3.8, 4) is 17.3 Å². The third-order valence-corrected chi connectivity index (χ3v) is 7.93. The summed E-state index contributed by atoms with van der Waals surface area (Å²) in [6.45, 7) is 4.18. The van der Waals surface area contributed by atoms with Gasteiger partial charge in [-0.05, 0) is 60.4 Å². The van der Waals surface area contributed by atoms with E-state index < -0.39 is 0 Å². The Bertz CT molecular complexity index is 1630. The Morgan fingerprint density at radius 3 is 2.59 bits per heavy atom. The van der Waals surface area contributed by atoms with Crippen LogP contribution in [0.25, 0.3) is 44.0 Å². The molecule has 0 spiro atoms. The summed E-state index contributed by atoms with van der Waals surface area (Å²) in [5, 5.41) is 14.5. The second kappa shape index (κ2) is 7.99. The van der Waals surface area contributed by atoms with Gasteiger partial charge in [-0.1, -0.05) is 56.0 Å². The second-order valence-electron chi connectivity index (χ2n) is 9.97. The molecule has 2 aromatic heterocycles. The van der Waals surface area contributed by atoms with Crippen molar-refractivity contribution in [2.24, 2.45) is 13.0 Å². The summed E-state index contributed by atoms with van der Waals surface area (Å²) in [5.74, 6) is 0.829. The van der Waals surface area contributed by atoms with Gasteiger partial charge in [-0.15, -0.1) is 0 Å². The average molecular weight is 446 g/mol. The predicted molar refractivity (Wildman–Crippen MR) is 138 cm³/mol. The fraction of sp³-hybridized carbons (Fsp3) is 0.290. The first-order valence-corrected chi connectivity index (χ1v) is 12.3. The first kappa shape index (κ1) is 20.9. The highest BCUT2D eigenvalue weighted by Crippen LogP contribution is 2.42. The third kappa shape index (κ3) is 3.13. The van der Waals surface area contributed by atoms with Crippen molar-refractivity contribution in [3.63, 3.8) is 0 Å². The molecule has 2 heterocycles. The van der Waals surface area contributed by atoms with Crippen LogP contribution < -0.4 is 4.57 Å². The lowest BCUT2D eigenvalue weighted by atomic mass is 9.89. The van der Waals surface area contributed by atoms with E-state index >= 15 is 0 Å². The van der Waals surface area contributed by atoms with Gasteiger partial charge in [-0.25, -0.2) is 4.57 Å². The van der Waals surface area contributed by atoms with Gasteiger partial charge >= 0.3 is 0 Å². The zero-order valence-corrected chi connectivity index (χ0v) is 20.1. The largest absolute Gasteiger partial charge is 0.455 e. The topological polar surface area (TPSA) is 40.8 Å². The number of aryl methyl sites for hydroxylation is 1. The number of fused-ring (bicyclic) bond motifs is 4. The maximum Gasteiger partial charge on any atom is 0.224 e. The molecule has 0 bridgehead atoms. The maximum absolute atomic E-state index is 10.1. The molecular weight excluding hydrogens is 416 g/mol. The molecule has 0 aliphatic heterocycles. The number of furan rings is 1. The van der Waals surface area contributed by atoms with E-state index in [1.807, 2.05) is 18.2 Å². The summed E-state index contributed by atoms with van der Waals surface area (Å²) in [7, 11) is 2.10. The minimum absolute atomic E-state index is 0.711. The van der Waals surface area contributed by atoms with Crippen LogP contribution in [0.3, 0.4) is 0 Å². The maximum atomic E-state index is 10.1. The SMILES string of the molecule is Cc1c(C)c(C#N)c2c(oc3ccccc32)c1-c1c2ccc(CC3CCCC3)cc2cc[n+]1C. The van der Waals surface area contributed by atoms with E-state index in [-0.39, 0.29) is 0 Å². The number of benzene rings is 3. The molecule has 1 aliphatic carbocycles. The van der Waals surface area contributed by atoms with Crippen LogP contribution in [0.1, 0.15) is 47.9 Å². The molecule has 6 rings (SSSR count). The van der Waals surface area contributed by atoms with Crippen molar-refractivity contribution in [1.29, 1.82) is 5.26 Å². The Hall–Kier alpha value is -3.64. The fourth-order valence-corrected chi connectivity index (χ4v) is 6.04. The highest BCUT2D eigenvalue weighted by molar-refractivity contribution is 6.14. The first-order chi connectivity index (χ1) is 16.6. The zero-order valence-electron chi connectivity index (χ0n) is 20.1. The Morgan fingerprint density at radius 2 is 1.79 bits per heavy atom. The molecule has 0 radical (unpaired) electrons. The fourth-order valence-electron chi connectivity index (χ4n) is 6.04. The molecule has 0 unspecified atom stereocenters. The van der Waals surface area contributed by atoms with Gasteiger partial charge in [-0.3, -0.25) is 0 Å². The number of para-hydroxylation sites is 1. The van der Waals surface area contributed by atoms with Gasteiger partial charge in [0.15, 0.2) is 11.8 Å². The number of nitrogens with zero attached hydrogens (tertiary/aromatic N) is 2. The molecule has 3 nitrogen and oxygen atoms in total. The van der Waals surface area contributed by atoms with Gasteiger partial charge in [0.25, 0.3) is 0 Å². The highest BCUT2D eigenvalue weighted by atomic mass is 16.3. The van der Waals surface area contributed by atoms with Crippen LogP contribution in [0, 0.1) is 31.1 Å². The van der Waals surface area contributed by atoms with Gasteiger partial charge in [0, 0.05) is 16.8 Å². The average Bonchev–Trinajstić information content (AvgIpc) is 3.49. The van der Waals surface area contributed by atoms with Crippen LogP contribution in [-0.2, 0) is 13.5 Å². The number of rotatable bonds is 3. The van der Waals surface area contributed by atoms with Crippen LogP contribution in [0.2, 0.25) is 0 Å². The Kier molecular flexibility index (Phi) is 4.92. The number of aromatic nitrogens is 1. The normalized spacial score (nSPS) is 14.4. The minimum Gasteiger partial charge on any atom is -0.455 e. The van der Waals surface area contributed by atoms with Crippen LogP contribution >= 0.6 is 0 Å². The lowest BCUT2D eigenvalue weighted by Crippen LogP contribution is -2.31. The summed E-state index contributed by atoms with van der Waals surface area (Å²) in [5.41, 5.74) is 8.11. The van der Waals surface area contributed by atoms with Crippen molar-refractivity contribution in [2.45, 2.75) is 46.0 Å². The quantitative estimate of drug-likeness (QED) is 0.271. The Labute approximate surface area is 200 Å². The molecule has 0 saturated heterocycles. The predicted octanol–water partition coefficient (Wildman–Crippen LogP) is 7.45. The van der Waals surface area contributed by atoms with E-state index in [4.69, 9.17) is 4.42 Å². The van der Waals surface area contributed by atoms with Crippen LogP contribution in [0.15, 0.2) is 59.1 Å².